The van der Waals surface area contributed by atoms with Crippen molar-refractivity contribution in [1.29, 1.82) is 0 Å². The molecular weight excluding hydrogens is 432 g/mol. The van der Waals surface area contributed by atoms with Gasteiger partial charge in [0.2, 0.25) is 0 Å². The Kier molecular flexibility index (Phi) is 9.08. The maximum atomic E-state index is 12.8. The predicted molar refractivity (Wildman–Crippen MR) is 124 cm³/mol. The number of hydrogen-bond acceptors (Lipinski definition) is 5. The quantitative estimate of drug-likeness (QED) is 0.461. The minimum atomic E-state index is -0.997. The Bertz CT molecular complexity index is 1030. The largest absolute Gasteiger partial charge is 0.489 e. The minimum Gasteiger partial charge on any atom is -0.489 e. The molecule has 0 saturated heterocycles. The van der Waals surface area contributed by atoms with Gasteiger partial charge in [0.05, 0.1) is 12.2 Å². The molecule has 0 fully saturated rings. The second-order valence-electron chi connectivity index (χ2n) is 6.91. The van der Waals surface area contributed by atoms with E-state index in [1.165, 1.54) is 4.90 Å². The van der Waals surface area contributed by atoms with E-state index >= 15 is 0 Å². The Morgan fingerprint density at radius 2 is 1.94 bits per heavy atom. The summed E-state index contributed by atoms with van der Waals surface area (Å²) in [5.41, 5.74) is 7.66. The fraction of sp³-hybridized carbons (Fsp3) is 0.261. The zero-order chi connectivity index (χ0) is 22.2. The number of halogens is 1. The summed E-state index contributed by atoms with van der Waals surface area (Å²) in [5.74, 6) is 4.07. The molecule has 1 atom stereocenters. The van der Waals surface area contributed by atoms with Crippen molar-refractivity contribution in [2.75, 3.05) is 31.6 Å². The summed E-state index contributed by atoms with van der Waals surface area (Å²) in [4.78, 5) is 38.6. The summed E-state index contributed by atoms with van der Waals surface area (Å²) >= 11 is 0. The standard InChI is InChI=1S/C23H24N4O4.ClH/c1-27-19-14-17(8-5-12-24)9-10-20(19)31-15-18(23(27)30)26-22(29)21(28)25-13-11-16-6-3-2-4-7-16;/h2-4,6-7,9-10,14,18H,11-13,15,24H2,1H3,(H,25,28)(H,26,29);1H/t18-;/m0./s1. The van der Waals surface area contributed by atoms with Gasteiger partial charge in [0.15, 0.2) is 0 Å². The molecular formula is C23H25ClN4O4. The van der Waals surface area contributed by atoms with Gasteiger partial charge in [-0.2, -0.15) is 0 Å². The maximum Gasteiger partial charge on any atom is 0.310 e. The number of amides is 3. The highest BCUT2D eigenvalue weighted by atomic mass is 35.5. The SMILES string of the molecule is CN1C(=O)[C@@H](NC(=O)C(=O)NCCc2ccccc2)COc2ccc(C#CCN)cc21.Cl. The van der Waals surface area contributed by atoms with Gasteiger partial charge in [0.1, 0.15) is 18.4 Å². The van der Waals surface area contributed by atoms with E-state index in [0.29, 0.717) is 30.0 Å². The highest BCUT2D eigenvalue weighted by molar-refractivity contribution is 6.35. The minimum absolute atomic E-state index is 0. The summed E-state index contributed by atoms with van der Waals surface area (Å²) in [6, 6.07) is 13.8. The van der Waals surface area contributed by atoms with Crippen LogP contribution in [0.1, 0.15) is 11.1 Å². The zero-order valence-electron chi connectivity index (χ0n) is 17.6. The predicted octanol–water partition coefficient (Wildman–Crippen LogP) is 0.618. The Labute approximate surface area is 192 Å². The molecule has 1 aliphatic rings. The molecule has 0 saturated carbocycles. The molecule has 2 aromatic rings. The van der Waals surface area contributed by atoms with Gasteiger partial charge in [0.25, 0.3) is 5.91 Å². The maximum absolute atomic E-state index is 12.8. The van der Waals surface area contributed by atoms with Crippen LogP contribution in [0.25, 0.3) is 0 Å². The van der Waals surface area contributed by atoms with Crippen LogP contribution in [0.15, 0.2) is 48.5 Å². The molecule has 0 bridgehead atoms. The van der Waals surface area contributed by atoms with Gasteiger partial charge in [-0.05, 0) is 30.2 Å². The summed E-state index contributed by atoms with van der Waals surface area (Å²) in [6.07, 6.45) is 0.596. The lowest BCUT2D eigenvalue weighted by atomic mass is 10.1. The van der Waals surface area contributed by atoms with Crippen molar-refractivity contribution in [1.82, 2.24) is 10.6 Å². The molecule has 2 aromatic carbocycles. The van der Waals surface area contributed by atoms with E-state index in [1.54, 1.807) is 25.2 Å². The molecule has 3 amide bonds. The Hall–Kier alpha value is -3.54. The van der Waals surface area contributed by atoms with Crippen LogP contribution in [-0.4, -0.2) is 50.5 Å². The average Bonchev–Trinajstić information content (AvgIpc) is 2.90. The molecule has 32 heavy (non-hydrogen) atoms. The van der Waals surface area contributed by atoms with E-state index in [4.69, 9.17) is 10.5 Å². The first-order valence-corrected chi connectivity index (χ1v) is 9.85. The lowest BCUT2D eigenvalue weighted by molar-refractivity contribution is -0.140. The first-order chi connectivity index (χ1) is 15.0. The van der Waals surface area contributed by atoms with Crippen LogP contribution in [0, 0.1) is 11.8 Å². The van der Waals surface area contributed by atoms with Crippen LogP contribution >= 0.6 is 12.4 Å². The molecule has 0 spiro atoms. The molecule has 8 nitrogen and oxygen atoms in total. The van der Waals surface area contributed by atoms with Crippen LogP contribution in [0.4, 0.5) is 5.69 Å². The fourth-order valence-electron chi connectivity index (χ4n) is 3.10. The third-order valence-electron chi connectivity index (χ3n) is 4.74. The normalized spacial score (nSPS) is 14.5. The molecule has 9 heteroatoms. The van der Waals surface area contributed by atoms with Gasteiger partial charge in [-0.15, -0.1) is 12.4 Å². The summed E-state index contributed by atoms with van der Waals surface area (Å²) < 4.78 is 5.70. The van der Waals surface area contributed by atoms with Crippen LogP contribution in [0.2, 0.25) is 0 Å². The highest BCUT2D eigenvalue weighted by Crippen LogP contribution is 2.31. The number of anilines is 1. The molecule has 0 aliphatic carbocycles. The van der Waals surface area contributed by atoms with Gasteiger partial charge in [-0.1, -0.05) is 42.2 Å². The number of rotatable bonds is 4. The number of ether oxygens (including phenoxy) is 1. The first kappa shape index (κ1) is 24.7. The molecule has 168 valence electrons. The van der Waals surface area contributed by atoms with E-state index in [9.17, 15) is 14.4 Å². The topological polar surface area (TPSA) is 114 Å². The van der Waals surface area contributed by atoms with E-state index < -0.39 is 23.8 Å². The third-order valence-corrected chi connectivity index (χ3v) is 4.74. The lowest BCUT2D eigenvalue weighted by Gasteiger charge is -2.20. The van der Waals surface area contributed by atoms with Crippen molar-refractivity contribution in [3.8, 4) is 17.6 Å². The van der Waals surface area contributed by atoms with Gasteiger partial charge in [0, 0.05) is 19.2 Å². The van der Waals surface area contributed by atoms with E-state index in [2.05, 4.69) is 22.5 Å². The number of nitrogens with two attached hydrogens (primary N) is 1. The smallest absolute Gasteiger partial charge is 0.310 e. The average molecular weight is 457 g/mol. The van der Waals surface area contributed by atoms with Crippen LogP contribution in [0.5, 0.6) is 5.75 Å². The third kappa shape index (κ3) is 6.23. The van der Waals surface area contributed by atoms with Crippen molar-refractivity contribution in [2.24, 2.45) is 5.73 Å². The van der Waals surface area contributed by atoms with Crippen molar-refractivity contribution in [3.05, 3.63) is 59.7 Å². The first-order valence-electron chi connectivity index (χ1n) is 9.85. The number of fused-ring (bicyclic) bond motifs is 1. The Balaban J connectivity index is 0.00000363. The van der Waals surface area contributed by atoms with Gasteiger partial charge in [-0.3, -0.25) is 14.4 Å². The molecule has 1 aliphatic heterocycles. The van der Waals surface area contributed by atoms with E-state index in [1.807, 2.05) is 30.3 Å². The second kappa shape index (κ2) is 11.7. The Morgan fingerprint density at radius 1 is 1.19 bits per heavy atom. The van der Waals surface area contributed by atoms with Gasteiger partial charge >= 0.3 is 11.8 Å². The van der Waals surface area contributed by atoms with Crippen LogP contribution in [0.3, 0.4) is 0 Å². The van der Waals surface area contributed by atoms with Crippen molar-refractivity contribution >= 4 is 35.8 Å². The number of hydrogen-bond donors (Lipinski definition) is 3. The zero-order valence-corrected chi connectivity index (χ0v) is 18.4. The number of likely N-dealkylation sites (N-methyl/N-ethyl adjacent to an activating group) is 1. The Morgan fingerprint density at radius 3 is 2.66 bits per heavy atom. The van der Waals surface area contributed by atoms with E-state index in [-0.39, 0.29) is 25.6 Å². The number of nitrogens with zero attached hydrogens (tertiary/aromatic N) is 1. The molecule has 1 heterocycles. The molecule has 4 N–H and O–H groups in total. The summed E-state index contributed by atoms with van der Waals surface area (Å²) in [7, 11) is 1.58. The van der Waals surface area contributed by atoms with Crippen molar-refractivity contribution < 1.29 is 19.1 Å². The highest BCUT2D eigenvalue weighted by Gasteiger charge is 2.32. The molecule has 0 aromatic heterocycles. The van der Waals surface area contributed by atoms with Gasteiger partial charge in [-0.25, -0.2) is 0 Å². The van der Waals surface area contributed by atoms with Crippen LogP contribution in [-0.2, 0) is 20.8 Å². The molecule has 0 radical (unpaired) electrons. The number of carbonyl (C=O) groups excluding carboxylic acids is 3. The second-order valence-corrected chi connectivity index (χ2v) is 6.91. The number of carbonyl (C=O) groups is 3. The molecule has 0 unspecified atom stereocenters. The number of benzene rings is 2. The molecule has 3 rings (SSSR count). The van der Waals surface area contributed by atoms with Crippen molar-refractivity contribution in [3.63, 3.8) is 0 Å². The van der Waals surface area contributed by atoms with E-state index in [0.717, 1.165) is 5.56 Å². The summed E-state index contributed by atoms with van der Waals surface area (Å²) in [5, 5.41) is 5.02. The fourth-order valence-corrected chi connectivity index (χ4v) is 3.10. The van der Waals surface area contributed by atoms with Gasteiger partial charge < -0.3 is 26.0 Å². The summed E-state index contributed by atoms with van der Waals surface area (Å²) in [6.45, 7) is 0.445. The van der Waals surface area contributed by atoms with Crippen molar-refractivity contribution in [2.45, 2.75) is 12.5 Å². The lowest BCUT2D eigenvalue weighted by Crippen LogP contribution is -2.53. The number of nitrogens with one attached hydrogen (secondary N) is 2. The monoisotopic (exact) mass is 456 g/mol. The van der Waals surface area contributed by atoms with Crippen LogP contribution < -0.4 is 26.0 Å².